The molecule has 0 fully saturated rings. The number of sulfonamides is 1. The van der Waals surface area contributed by atoms with Gasteiger partial charge in [-0.15, -0.1) is 4.40 Å². The number of amidine groups is 1. The van der Waals surface area contributed by atoms with Crippen molar-refractivity contribution < 1.29 is 13.2 Å². The maximum atomic E-state index is 12.3. The van der Waals surface area contributed by atoms with Crippen LogP contribution in [0.2, 0.25) is 0 Å². The van der Waals surface area contributed by atoms with Crippen LogP contribution in [-0.4, -0.2) is 26.7 Å². The first-order chi connectivity index (χ1) is 12.9. The van der Waals surface area contributed by atoms with Crippen LogP contribution in [0.15, 0.2) is 45.2 Å². The highest BCUT2D eigenvalue weighted by molar-refractivity contribution is 7.90. The summed E-state index contributed by atoms with van der Waals surface area (Å²) in [6.45, 7) is 2.60. The number of carbonyl (C=O) groups excluding carboxylic acids is 1. The quantitative estimate of drug-likeness (QED) is 0.697. The number of benzene rings is 1. The van der Waals surface area contributed by atoms with Crippen molar-refractivity contribution in [2.24, 2.45) is 10.3 Å². The van der Waals surface area contributed by atoms with Crippen molar-refractivity contribution in [2.75, 3.05) is 11.9 Å². The molecule has 0 saturated heterocycles. The Morgan fingerprint density at radius 1 is 1.30 bits per heavy atom. The Morgan fingerprint density at radius 3 is 2.89 bits per heavy atom. The van der Waals surface area contributed by atoms with E-state index >= 15 is 0 Å². The smallest absolute Gasteiger partial charge is 0.286 e. The summed E-state index contributed by atoms with van der Waals surface area (Å²) in [6, 6.07) is 6.72. The topological polar surface area (TPSA) is 87.6 Å². The number of carbonyl (C=O) groups is 1. The van der Waals surface area contributed by atoms with Crippen molar-refractivity contribution in [1.82, 2.24) is 5.32 Å². The molecule has 146 valence electrons. The number of fused-ring (bicyclic) bond motifs is 1. The lowest BCUT2D eigenvalue weighted by molar-refractivity contribution is -0.121. The highest BCUT2D eigenvalue weighted by Crippen LogP contribution is 2.28. The minimum atomic E-state index is -3.67. The molecule has 0 saturated carbocycles. The van der Waals surface area contributed by atoms with E-state index in [1.807, 2.05) is 6.92 Å². The molecule has 2 N–H and O–H groups in total. The molecule has 1 atom stereocenters. The van der Waals surface area contributed by atoms with Crippen molar-refractivity contribution in [1.29, 1.82) is 0 Å². The predicted molar refractivity (Wildman–Crippen MR) is 107 cm³/mol. The first kappa shape index (κ1) is 19.6. The largest absolute Gasteiger partial charge is 0.356 e. The van der Waals surface area contributed by atoms with Crippen LogP contribution in [0.25, 0.3) is 0 Å². The molecule has 1 unspecified atom stereocenters. The van der Waals surface area contributed by atoms with Crippen molar-refractivity contribution >= 4 is 27.5 Å². The summed E-state index contributed by atoms with van der Waals surface area (Å²) in [4.78, 5) is 12.3. The average molecular weight is 390 g/mol. The summed E-state index contributed by atoms with van der Waals surface area (Å²) in [6.07, 6.45) is 8.79. The number of amides is 1. The summed E-state index contributed by atoms with van der Waals surface area (Å²) >= 11 is 0. The molecule has 1 heterocycles. The van der Waals surface area contributed by atoms with Crippen LogP contribution in [0, 0.1) is 5.92 Å². The fourth-order valence-corrected chi connectivity index (χ4v) is 4.70. The second-order valence-electron chi connectivity index (χ2n) is 7.36. The van der Waals surface area contributed by atoms with Gasteiger partial charge >= 0.3 is 0 Å². The van der Waals surface area contributed by atoms with E-state index in [1.165, 1.54) is 24.5 Å². The van der Waals surface area contributed by atoms with E-state index in [4.69, 9.17) is 0 Å². The molecule has 0 aromatic heterocycles. The van der Waals surface area contributed by atoms with Gasteiger partial charge < -0.3 is 10.6 Å². The number of hydrogen-bond donors (Lipinski definition) is 2. The molecular weight excluding hydrogens is 362 g/mol. The third kappa shape index (κ3) is 5.42. The minimum absolute atomic E-state index is 0.00132. The molecule has 1 amide bonds. The van der Waals surface area contributed by atoms with Gasteiger partial charge in [0.2, 0.25) is 5.91 Å². The van der Waals surface area contributed by atoms with Crippen LogP contribution in [0.4, 0.5) is 5.69 Å². The highest BCUT2D eigenvalue weighted by atomic mass is 32.2. The summed E-state index contributed by atoms with van der Waals surface area (Å²) < 4.78 is 28.4. The molecular formula is C20H27N3O3S. The lowest BCUT2D eigenvalue weighted by atomic mass is 9.97. The van der Waals surface area contributed by atoms with Crippen molar-refractivity contribution in [3.8, 4) is 0 Å². The lowest BCUT2D eigenvalue weighted by Gasteiger charge is -2.20. The summed E-state index contributed by atoms with van der Waals surface area (Å²) in [5, 5.41) is 6.05. The number of rotatable bonds is 7. The molecule has 2 aliphatic rings. The standard InChI is InChI=1S/C20H27N3O3S/c1-15(14-20(24)21-12-11-16-7-3-2-4-8-16)13-19-22-17-9-5-6-10-18(17)27(25,26)23-19/h5-7,9-10,15H,2-4,8,11-14H2,1H3,(H,21,24)(H,22,23). The van der Waals surface area contributed by atoms with Crippen LogP contribution in [0.5, 0.6) is 0 Å². The van der Waals surface area contributed by atoms with Crippen molar-refractivity contribution in [3.63, 3.8) is 0 Å². The van der Waals surface area contributed by atoms with Gasteiger partial charge in [-0.05, 0) is 50.2 Å². The summed E-state index contributed by atoms with van der Waals surface area (Å²) in [5.74, 6) is 0.380. The average Bonchev–Trinajstić information content (AvgIpc) is 2.62. The third-order valence-electron chi connectivity index (χ3n) is 4.90. The lowest BCUT2D eigenvalue weighted by Crippen LogP contribution is -2.28. The summed E-state index contributed by atoms with van der Waals surface area (Å²) in [7, 11) is -3.67. The molecule has 6 nitrogen and oxygen atoms in total. The second kappa shape index (κ2) is 8.69. The molecule has 0 spiro atoms. The number of anilines is 1. The molecule has 1 aromatic carbocycles. The Bertz CT molecular complexity index is 859. The van der Waals surface area contributed by atoms with Crippen LogP contribution >= 0.6 is 0 Å². The fourth-order valence-electron chi connectivity index (χ4n) is 3.54. The Labute approximate surface area is 161 Å². The number of para-hydroxylation sites is 1. The Balaban J connectivity index is 1.48. The van der Waals surface area contributed by atoms with Gasteiger partial charge in [0.1, 0.15) is 10.7 Å². The molecule has 27 heavy (non-hydrogen) atoms. The zero-order valence-electron chi connectivity index (χ0n) is 15.7. The monoisotopic (exact) mass is 389 g/mol. The Hall–Kier alpha value is -2.15. The molecule has 1 aromatic rings. The van der Waals surface area contributed by atoms with E-state index < -0.39 is 10.0 Å². The molecule has 0 bridgehead atoms. The normalized spacial score (nSPS) is 19.1. The van der Waals surface area contributed by atoms with Crippen LogP contribution < -0.4 is 10.6 Å². The Kier molecular flexibility index (Phi) is 6.31. The molecule has 3 rings (SSSR count). The molecule has 1 aliphatic carbocycles. The van der Waals surface area contributed by atoms with E-state index in [0.717, 1.165) is 19.3 Å². The molecule has 0 radical (unpaired) electrons. The summed E-state index contributed by atoms with van der Waals surface area (Å²) in [5.41, 5.74) is 1.99. The van der Waals surface area contributed by atoms with Crippen LogP contribution in [-0.2, 0) is 14.8 Å². The first-order valence-electron chi connectivity index (χ1n) is 9.58. The molecule has 1 aliphatic heterocycles. The molecule has 7 heteroatoms. The van der Waals surface area contributed by atoms with Crippen molar-refractivity contribution in [3.05, 3.63) is 35.9 Å². The van der Waals surface area contributed by atoms with Crippen molar-refractivity contribution in [2.45, 2.75) is 56.8 Å². The van der Waals surface area contributed by atoms with Crippen LogP contribution in [0.1, 0.15) is 51.9 Å². The predicted octanol–water partition coefficient (Wildman–Crippen LogP) is 3.62. The number of allylic oxidation sites excluding steroid dienone is 1. The van der Waals surface area contributed by atoms with E-state index in [-0.39, 0.29) is 16.7 Å². The van der Waals surface area contributed by atoms with E-state index in [2.05, 4.69) is 21.1 Å². The Morgan fingerprint density at radius 2 is 2.11 bits per heavy atom. The fraction of sp³-hybridized carbons (Fsp3) is 0.500. The van der Waals surface area contributed by atoms with Gasteiger partial charge in [0.05, 0.1) is 5.69 Å². The number of nitrogens with zero attached hydrogens (tertiary/aromatic N) is 1. The maximum Gasteiger partial charge on any atom is 0.286 e. The highest BCUT2D eigenvalue weighted by Gasteiger charge is 2.25. The number of nitrogens with one attached hydrogen (secondary N) is 2. The second-order valence-corrected chi connectivity index (χ2v) is 8.93. The maximum absolute atomic E-state index is 12.3. The van der Waals surface area contributed by atoms with Gasteiger partial charge in [0.15, 0.2) is 0 Å². The van der Waals surface area contributed by atoms with Gasteiger partial charge in [-0.1, -0.05) is 30.7 Å². The van der Waals surface area contributed by atoms with Gasteiger partial charge in [0, 0.05) is 19.4 Å². The van der Waals surface area contributed by atoms with Gasteiger partial charge in [-0.2, -0.15) is 8.42 Å². The third-order valence-corrected chi connectivity index (χ3v) is 6.28. The van der Waals surface area contributed by atoms with Gasteiger partial charge in [0.25, 0.3) is 10.0 Å². The minimum Gasteiger partial charge on any atom is -0.356 e. The van der Waals surface area contributed by atoms with E-state index in [9.17, 15) is 13.2 Å². The number of hydrogen-bond acceptors (Lipinski definition) is 4. The zero-order chi connectivity index (χ0) is 19.3. The van der Waals surface area contributed by atoms with E-state index in [0.29, 0.717) is 30.9 Å². The zero-order valence-corrected chi connectivity index (χ0v) is 16.5. The van der Waals surface area contributed by atoms with Gasteiger partial charge in [-0.25, -0.2) is 0 Å². The SMILES string of the molecule is CC(CC(=O)NCCC1=CCCCC1)CC1=NS(=O)(=O)c2ccccc2N1. The first-order valence-corrected chi connectivity index (χ1v) is 11.0. The van der Waals surface area contributed by atoms with Crippen LogP contribution in [0.3, 0.4) is 0 Å². The van der Waals surface area contributed by atoms with E-state index in [1.54, 1.807) is 18.2 Å². The van der Waals surface area contributed by atoms with Gasteiger partial charge in [-0.3, -0.25) is 4.79 Å².